The van der Waals surface area contributed by atoms with Gasteiger partial charge < -0.3 is 14.7 Å². The minimum absolute atomic E-state index is 0.0294. The molecular formula is C18H19N7O4. The average molecular weight is 397 g/mol. The van der Waals surface area contributed by atoms with Crippen LogP contribution >= 0.6 is 0 Å². The largest absolute Gasteiger partial charge is 0.465 e. The molecule has 0 bridgehead atoms. The second-order valence-electron chi connectivity index (χ2n) is 5.92. The summed E-state index contributed by atoms with van der Waals surface area (Å²) in [5, 5.41) is 26.7. The Morgan fingerprint density at radius 2 is 2.07 bits per heavy atom. The highest BCUT2D eigenvalue weighted by Gasteiger charge is 2.16. The maximum atomic E-state index is 10.7. The molecule has 0 spiro atoms. The number of amides is 1. The summed E-state index contributed by atoms with van der Waals surface area (Å²) in [5.74, 6) is 0.626. The van der Waals surface area contributed by atoms with Gasteiger partial charge in [0.05, 0.1) is 12.3 Å². The fourth-order valence-corrected chi connectivity index (χ4v) is 2.53. The highest BCUT2D eigenvalue weighted by atomic mass is 16.6. The summed E-state index contributed by atoms with van der Waals surface area (Å²) in [7, 11) is 3.32. The van der Waals surface area contributed by atoms with Gasteiger partial charge in [-0.1, -0.05) is 29.4 Å². The van der Waals surface area contributed by atoms with Gasteiger partial charge in [0.1, 0.15) is 5.82 Å². The number of nitrogens with zero attached hydrogens (tertiary/aromatic N) is 6. The van der Waals surface area contributed by atoms with E-state index in [-0.39, 0.29) is 12.4 Å². The highest BCUT2D eigenvalue weighted by Crippen LogP contribution is 2.13. The molecule has 2 N–H and O–H groups in total. The molecule has 3 rings (SSSR count). The molecule has 11 heteroatoms. The highest BCUT2D eigenvalue weighted by molar-refractivity contribution is 6.10. The summed E-state index contributed by atoms with van der Waals surface area (Å²) in [4.78, 5) is 20.4. The maximum absolute atomic E-state index is 10.7. The molecule has 0 unspecified atom stereocenters. The third-order valence-corrected chi connectivity index (χ3v) is 3.75. The number of aromatic nitrogens is 5. The van der Waals surface area contributed by atoms with Gasteiger partial charge in [-0.25, -0.2) is 14.5 Å². The molecule has 0 aliphatic rings. The molecule has 29 heavy (non-hydrogen) atoms. The Bertz CT molecular complexity index is 1020. The molecule has 150 valence electrons. The molecule has 0 saturated heterocycles. The molecular weight excluding hydrogens is 378 g/mol. The molecule has 0 fully saturated rings. The van der Waals surface area contributed by atoms with Crippen molar-refractivity contribution in [1.29, 1.82) is 0 Å². The van der Waals surface area contributed by atoms with Crippen LogP contribution in [0.4, 0.5) is 10.6 Å². The molecule has 2 aromatic heterocycles. The first-order chi connectivity index (χ1) is 14.1. The van der Waals surface area contributed by atoms with Crippen LogP contribution in [0.2, 0.25) is 0 Å². The van der Waals surface area contributed by atoms with Gasteiger partial charge in [-0.05, 0) is 34.2 Å². The van der Waals surface area contributed by atoms with Gasteiger partial charge in [0.25, 0.3) is 0 Å². The quantitative estimate of drug-likeness (QED) is 0.434. The minimum Gasteiger partial charge on any atom is -0.465 e. The summed E-state index contributed by atoms with van der Waals surface area (Å²) in [6.07, 6.45) is -1.19. The summed E-state index contributed by atoms with van der Waals surface area (Å²) in [5.41, 5.74) is 2.66. The van der Waals surface area contributed by atoms with Crippen molar-refractivity contribution in [3.05, 3.63) is 65.1 Å². The Labute approximate surface area is 166 Å². The van der Waals surface area contributed by atoms with Crippen LogP contribution in [0, 0.1) is 0 Å². The third kappa shape index (κ3) is 5.32. The zero-order chi connectivity index (χ0) is 20.6. The van der Waals surface area contributed by atoms with E-state index >= 15 is 0 Å². The molecule has 1 aromatic carbocycles. The number of ether oxygens (including phenoxy) is 1. The number of tetrazole rings is 1. The number of hydrogen-bond donors (Lipinski definition) is 2. The van der Waals surface area contributed by atoms with Gasteiger partial charge in [-0.3, -0.25) is 5.32 Å². The van der Waals surface area contributed by atoms with Crippen LogP contribution in [0.25, 0.3) is 0 Å². The van der Waals surface area contributed by atoms with Crippen LogP contribution in [0.15, 0.2) is 47.6 Å². The molecule has 0 saturated carbocycles. The lowest BCUT2D eigenvalue weighted by atomic mass is 10.1. The van der Waals surface area contributed by atoms with Crippen molar-refractivity contribution in [2.24, 2.45) is 12.2 Å². The van der Waals surface area contributed by atoms with Crippen LogP contribution in [0.1, 0.15) is 22.6 Å². The number of benzene rings is 1. The predicted octanol–water partition coefficient (Wildman–Crippen LogP) is 1.81. The Morgan fingerprint density at radius 1 is 1.24 bits per heavy atom. The van der Waals surface area contributed by atoms with Crippen molar-refractivity contribution in [3.63, 3.8) is 0 Å². The van der Waals surface area contributed by atoms with Crippen molar-refractivity contribution in [3.8, 4) is 0 Å². The Morgan fingerprint density at radius 3 is 2.79 bits per heavy atom. The van der Waals surface area contributed by atoms with E-state index < -0.39 is 6.09 Å². The smallest absolute Gasteiger partial charge is 0.410 e. The van der Waals surface area contributed by atoms with E-state index in [1.54, 1.807) is 32.4 Å². The van der Waals surface area contributed by atoms with E-state index in [4.69, 9.17) is 14.7 Å². The van der Waals surface area contributed by atoms with Crippen LogP contribution < -0.4 is 5.32 Å². The van der Waals surface area contributed by atoms with Crippen molar-refractivity contribution in [2.45, 2.75) is 13.2 Å². The average Bonchev–Trinajstić information content (AvgIpc) is 3.11. The number of rotatable bonds is 8. The first kappa shape index (κ1) is 19.9. The van der Waals surface area contributed by atoms with E-state index in [2.05, 4.69) is 31.0 Å². The molecule has 0 atom stereocenters. The van der Waals surface area contributed by atoms with Crippen molar-refractivity contribution in [1.82, 2.24) is 25.2 Å². The molecule has 11 nitrogen and oxygen atoms in total. The number of nitrogens with one attached hydrogen (secondary N) is 1. The predicted molar refractivity (Wildman–Crippen MR) is 102 cm³/mol. The number of carboxylic acid groups (broad SMARTS) is 1. The molecule has 2 heterocycles. The van der Waals surface area contributed by atoms with Crippen LogP contribution in [0.3, 0.4) is 0 Å². The zero-order valence-corrected chi connectivity index (χ0v) is 15.8. The monoisotopic (exact) mass is 397 g/mol. The van der Waals surface area contributed by atoms with Crippen LogP contribution in [-0.2, 0) is 29.8 Å². The van der Waals surface area contributed by atoms with Gasteiger partial charge in [0.15, 0.2) is 12.3 Å². The standard InChI is InChI=1S/C18H19N7O4/c1-25-17(21-23-24-25)16(13-6-3-5-12(9-13)10-28-2)22-29-11-14-7-4-8-15(19-14)20-18(26)27/h3-9H,10-11H2,1-2H3,(H,19,20)(H,26,27). The first-order valence-corrected chi connectivity index (χ1v) is 8.53. The number of methoxy groups -OCH3 is 1. The zero-order valence-electron chi connectivity index (χ0n) is 15.8. The van der Waals surface area contributed by atoms with E-state index in [0.29, 0.717) is 23.8 Å². The number of pyridine rings is 1. The maximum Gasteiger partial charge on any atom is 0.410 e. The van der Waals surface area contributed by atoms with Crippen molar-refractivity contribution in [2.75, 3.05) is 12.4 Å². The van der Waals surface area contributed by atoms with Crippen LogP contribution in [0.5, 0.6) is 0 Å². The van der Waals surface area contributed by atoms with E-state index in [1.807, 2.05) is 24.3 Å². The second kappa shape index (κ2) is 9.37. The third-order valence-electron chi connectivity index (χ3n) is 3.75. The number of aryl methyl sites for hydroxylation is 1. The minimum atomic E-state index is -1.19. The second-order valence-corrected chi connectivity index (χ2v) is 5.92. The van der Waals surface area contributed by atoms with Gasteiger partial charge in [-0.2, -0.15) is 0 Å². The lowest BCUT2D eigenvalue weighted by Crippen LogP contribution is -2.13. The summed E-state index contributed by atoms with van der Waals surface area (Å²) in [6, 6.07) is 12.5. The fourth-order valence-electron chi connectivity index (χ4n) is 2.53. The lowest BCUT2D eigenvalue weighted by molar-refractivity contribution is 0.128. The Hall–Kier alpha value is -3.86. The van der Waals surface area contributed by atoms with Gasteiger partial charge in [0.2, 0.25) is 5.82 Å². The molecule has 1 amide bonds. The normalized spacial score (nSPS) is 11.3. The topological polar surface area (TPSA) is 137 Å². The summed E-state index contributed by atoms with van der Waals surface area (Å²) in [6.45, 7) is 0.480. The summed E-state index contributed by atoms with van der Waals surface area (Å²) >= 11 is 0. The fraction of sp³-hybridized carbons (Fsp3) is 0.222. The van der Waals surface area contributed by atoms with Crippen molar-refractivity contribution < 1.29 is 19.5 Å². The number of carbonyl (C=O) groups is 1. The molecule has 0 aliphatic heterocycles. The molecule has 0 radical (unpaired) electrons. The van der Waals surface area contributed by atoms with E-state index in [1.165, 1.54) is 4.68 Å². The molecule has 0 aliphatic carbocycles. The SMILES string of the molecule is COCc1cccc(C(=NOCc2cccc(NC(=O)O)n2)c2nnnn2C)c1. The number of hydrogen-bond acceptors (Lipinski definition) is 8. The van der Waals surface area contributed by atoms with Gasteiger partial charge in [0, 0.05) is 19.7 Å². The Kier molecular flexibility index (Phi) is 6.43. The van der Waals surface area contributed by atoms with Gasteiger partial charge >= 0.3 is 6.09 Å². The van der Waals surface area contributed by atoms with E-state index in [0.717, 1.165) is 11.1 Å². The van der Waals surface area contributed by atoms with Gasteiger partial charge in [-0.15, -0.1) is 5.10 Å². The summed E-state index contributed by atoms with van der Waals surface area (Å²) < 4.78 is 6.67. The van der Waals surface area contributed by atoms with Crippen LogP contribution in [-0.4, -0.2) is 49.2 Å². The number of oxime groups is 1. The Balaban J connectivity index is 1.84. The van der Waals surface area contributed by atoms with E-state index in [9.17, 15) is 4.79 Å². The lowest BCUT2D eigenvalue weighted by Gasteiger charge is -2.08. The first-order valence-electron chi connectivity index (χ1n) is 8.53. The number of anilines is 1. The molecule has 3 aromatic rings. The van der Waals surface area contributed by atoms with Crippen molar-refractivity contribution >= 4 is 17.6 Å².